The molecule has 0 rings (SSSR count). The van der Waals surface area contributed by atoms with Crippen LogP contribution >= 0.6 is 23.5 Å². The molecule has 50 heavy (non-hydrogen) atoms. The maximum Gasteiger partial charge on any atom is 0.189 e. The van der Waals surface area contributed by atoms with E-state index in [2.05, 4.69) is 25.7 Å². The summed E-state index contributed by atoms with van der Waals surface area (Å²) >= 11 is 3.25. The molecule has 0 aromatic rings. The van der Waals surface area contributed by atoms with E-state index in [9.17, 15) is 14.7 Å². The first-order valence-corrected chi connectivity index (χ1v) is 24.1. The van der Waals surface area contributed by atoms with Crippen LogP contribution in [0.4, 0.5) is 0 Å². The Labute approximate surface area is 322 Å². The first-order chi connectivity index (χ1) is 24.6. The van der Waals surface area contributed by atoms with Crippen LogP contribution in [0.3, 0.4) is 0 Å². The lowest BCUT2D eigenvalue weighted by atomic mass is 10.0. The molecule has 0 radical (unpaired) electrons. The average Bonchev–Trinajstić information content (AvgIpc) is 3.11. The van der Waals surface area contributed by atoms with Crippen molar-refractivity contribution in [2.75, 3.05) is 32.0 Å². The molecule has 0 aliphatic heterocycles. The number of nitrogens with zero attached hydrogens (tertiary/aromatic N) is 1. The van der Waals surface area contributed by atoms with Crippen molar-refractivity contribution in [3.8, 4) is 0 Å². The van der Waals surface area contributed by atoms with Gasteiger partial charge in [0.05, 0.1) is 6.61 Å². The fraction of sp³-hybridized carbons (Fsp3) is 0.955. The first kappa shape index (κ1) is 50.0. The van der Waals surface area contributed by atoms with Crippen molar-refractivity contribution in [1.29, 1.82) is 0 Å². The number of carbonyl (C=O) groups is 2. The normalized spacial score (nSPS) is 11.7. The summed E-state index contributed by atoms with van der Waals surface area (Å²) in [7, 11) is 0. The van der Waals surface area contributed by atoms with Gasteiger partial charge in [0.2, 0.25) is 0 Å². The van der Waals surface area contributed by atoms with Crippen LogP contribution in [0.25, 0.3) is 0 Å². The minimum atomic E-state index is 0.215. The zero-order chi connectivity index (χ0) is 36.6. The Bertz CT molecular complexity index is 691. The van der Waals surface area contributed by atoms with E-state index in [0.29, 0.717) is 21.9 Å². The summed E-state index contributed by atoms with van der Waals surface area (Å²) in [6, 6.07) is 0. The predicted octanol–water partition coefficient (Wildman–Crippen LogP) is 14.1. The summed E-state index contributed by atoms with van der Waals surface area (Å²) < 4.78 is 0. The van der Waals surface area contributed by atoms with Crippen LogP contribution in [0.15, 0.2) is 0 Å². The second kappa shape index (κ2) is 41.7. The van der Waals surface area contributed by atoms with Crippen molar-refractivity contribution in [2.24, 2.45) is 0 Å². The topological polar surface area (TPSA) is 57.6 Å². The zero-order valence-corrected chi connectivity index (χ0v) is 35.6. The molecule has 0 amide bonds. The van der Waals surface area contributed by atoms with E-state index >= 15 is 0 Å². The first-order valence-electron chi connectivity index (χ1n) is 22.3. The Morgan fingerprint density at radius 1 is 0.460 bits per heavy atom. The lowest BCUT2D eigenvalue weighted by molar-refractivity contribution is -0.111. The van der Waals surface area contributed by atoms with E-state index in [1.807, 2.05) is 0 Å². The van der Waals surface area contributed by atoms with E-state index in [1.54, 1.807) is 23.5 Å². The van der Waals surface area contributed by atoms with Crippen molar-refractivity contribution in [1.82, 2.24) is 4.90 Å². The standard InChI is InChI=1S/C44H87NO3S2/c1-4-7-10-13-16-17-18-24-32-41-49-43(47)35-29-25-31-38-45(39-40-46)37-30-23-19-22-28-36-44(48)50-42(33-26-20-14-11-8-5-2)34-27-21-15-12-9-6-3/h42,46H,4-41H2,1-3H3. The average molecular weight is 742 g/mol. The Balaban J connectivity index is 3.96. The summed E-state index contributed by atoms with van der Waals surface area (Å²) in [5.74, 6) is 0.993. The smallest absolute Gasteiger partial charge is 0.189 e. The third-order valence-electron chi connectivity index (χ3n) is 10.2. The lowest BCUT2D eigenvalue weighted by Crippen LogP contribution is -2.29. The van der Waals surface area contributed by atoms with Gasteiger partial charge in [0, 0.05) is 30.4 Å². The van der Waals surface area contributed by atoms with Gasteiger partial charge in [0.25, 0.3) is 0 Å². The SMILES string of the molecule is CCCCCCCCCCCSC(=O)CCCCCN(CCO)CCCCCCCC(=O)SC(CCCCCCCC)CCCCCCCC. The quantitative estimate of drug-likeness (QED) is 0.0630. The second-order valence-electron chi connectivity index (χ2n) is 15.2. The number of unbranched alkanes of at least 4 members (excludes halogenated alkanes) is 24. The molecule has 0 spiro atoms. The van der Waals surface area contributed by atoms with E-state index < -0.39 is 0 Å². The molecule has 0 saturated heterocycles. The number of aliphatic hydroxyl groups is 1. The Kier molecular flexibility index (Phi) is 41.7. The highest BCUT2D eigenvalue weighted by molar-refractivity contribution is 8.14. The zero-order valence-electron chi connectivity index (χ0n) is 34.0. The molecule has 298 valence electrons. The summed E-state index contributed by atoms with van der Waals surface area (Å²) in [6.07, 6.45) is 40.8. The van der Waals surface area contributed by atoms with Crippen molar-refractivity contribution in [2.45, 2.75) is 238 Å². The summed E-state index contributed by atoms with van der Waals surface area (Å²) in [4.78, 5) is 27.5. The van der Waals surface area contributed by atoms with Gasteiger partial charge in [-0.2, -0.15) is 0 Å². The van der Waals surface area contributed by atoms with Crippen molar-refractivity contribution < 1.29 is 14.7 Å². The van der Waals surface area contributed by atoms with Gasteiger partial charge in [0.15, 0.2) is 10.2 Å². The molecule has 0 bridgehead atoms. The van der Waals surface area contributed by atoms with Gasteiger partial charge in [-0.1, -0.05) is 198 Å². The largest absolute Gasteiger partial charge is 0.395 e. The molecule has 0 unspecified atom stereocenters. The summed E-state index contributed by atoms with van der Waals surface area (Å²) in [6.45, 7) is 9.85. The van der Waals surface area contributed by atoms with Gasteiger partial charge in [-0.15, -0.1) is 0 Å². The molecular formula is C44H87NO3S2. The lowest BCUT2D eigenvalue weighted by Gasteiger charge is -2.21. The minimum absolute atomic E-state index is 0.215. The predicted molar refractivity (Wildman–Crippen MR) is 227 cm³/mol. The van der Waals surface area contributed by atoms with Gasteiger partial charge < -0.3 is 10.0 Å². The number of hydrogen-bond donors (Lipinski definition) is 1. The fourth-order valence-corrected chi connectivity index (χ4v) is 8.94. The molecule has 0 aliphatic carbocycles. The van der Waals surface area contributed by atoms with Crippen molar-refractivity contribution in [3.63, 3.8) is 0 Å². The highest BCUT2D eigenvalue weighted by Gasteiger charge is 2.15. The van der Waals surface area contributed by atoms with Crippen LogP contribution in [0.5, 0.6) is 0 Å². The highest BCUT2D eigenvalue weighted by atomic mass is 32.2. The minimum Gasteiger partial charge on any atom is -0.395 e. The van der Waals surface area contributed by atoms with Crippen LogP contribution in [0, 0.1) is 0 Å². The van der Waals surface area contributed by atoms with Gasteiger partial charge in [-0.05, 0) is 58.0 Å². The van der Waals surface area contributed by atoms with Gasteiger partial charge in [-0.3, -0.25) is 9.59 Å². The maximum absolute atomic E-state index is 12.9. The van der Waals surface area contributed by atoms with Crippen LogP contribution in [0.2, 0.25) is 0 Å². The molecule has 0 aromatic heterocycles. The number of thioether (sulfide) groups is 2. The van der Waals surface area contributed by atoms with Crippen LogP contribution in [0.1, 0.15) is 233 Å². The molecule has 0 saturated carbocycles. The molecule has 4 nitrogen and oxygen atoms in total. The third kappa shape index (κ3) is 37.7. The molecule has 0 fully saturated rings. The Morgan fingerprint density at radius 3 is 1.32 bits per heavy atom. The molecule has 1 N–H and O–H groups in total. The molecule has 0 atom stereocenters. The van der Waals surface area contributed by atoms with Crippen molar-refractivity contribution >= 4 is 33.8 Å². The van der Waals surface area contributed by atoms with Gasteiger partial charge in [0.1, 0.15) is 0 Å². The monoisotopic (exact) mass is 742 g/mol. The molecular weight excluding hydrogens is 655 g/mol. The van der Waals surface area contributed by atoms with Gasteiger partial charge in [-0.25, -0.2) is 0 Å². The van der Waals surface area contributed by atoms with Crippen LogP contribution in [-0.2, 0) is 9.59 Å². The van der Waals surface area contributed by atoms with E-state index in [-0.39, 0.29) is 6.61 Å². The second-order valence-corrected chi connectivity index (χ2v) is 17.7. The van der Waals surface area contributed by atoms with E-state index in [4.69, 9.17) is 0 Å². The molecule has 6 heteroatoms. The van der Waals surface area contributed by atoms with E-state index in [0.717, 1.165) is 70.3 Å². The number of hydrogen-bond acceptors (Lipinski definition) is 6. The Hall–Kier alpha value is -0.0400. The molecule has 0 aliphatic rings. The number of aliphatic hydroxyl groups excluding tert-OH is 1. The van der Waals surface area contributed by atoms with Gasteiger partial charge >= 0.3 is 0 Å². The fourth-order valence-electron chi connectivity index (χ4n) is 6.88. The summed E-state index contributed by atoms with van der Waals surface area (Å²) in [5, 5.41) is 10.9. The van der Waals surface area contributed by atoms with Crippen LogP contribution in [-0.4, -0.2) is 57.5 Å². The number of carbonyl (C=O) groups excluding carboxylic acids is 2. The molecule has 0 heterocycles. The number of rotatable bonds is 41. The van der Waals surface area contributed by atoms with E-state index in [1.165, 1.54) is 161 Å². The highest BCUT2D eigenvalue weighted by Crippen LogP contribution is 2.27. The third-order valence-corrected chi connectivity index (χ3v) is 12.5. The maximum atomic E-state index is 12.9. The molecule has 0 aromatic carbocycles. The Morgan fingerprint density at radius 2 is 0.840 bits per heavy atom. The van der Waals surface area contributed by atoms with Crippen molar-refractivity contribution in [3.05, 3.63) is 0 Å². The summed E-state index contributed by atoms with van der Waals surface area (Å²) in [5.41, 5.74) is 0. The van der Waals surface area contributed by atoms with Crippen LogP contribution < -0.4 is 0 Å².